The standard InChI is InChI=1S/C10H13NO5S/c1-7(12)9-5-4-6-10(8(2)13)11(9,3)17(14,15)16/h4-6,9H,1-3H3/p+1. The number of likely N-dealkylation sites (N-methyl/N-ethyl adjacent to an activating group) is 1. The minimum Gasteiger partial charge on any atom is -0.293 e. The molecule has 1 heterocycles. The molecule has 2 unspecified atom stereocenters. The van der Waals surface area contributed by atoms with E-state index in [-0.39, 0.29) is 5.70 Å². The predicted octanol–water partition coefficient (Wildman–Crippen LogP) is 0.236. The van der Waals surface area contributed by atoms with Crippen molar-refractivity contribution in [1.82, 2.24) is 0 Å². The largest absolute Gasteiger partial charge is 0.438 e. The molecular weight excluding hydrogens is 246 g/mol. The van der Waals surface area contributed by atoms with Crippen LogP contribution in [-0.4, -0.2) is 41.5 Å². The molecule has 17 heavy (non-hydrogen) atoms. The fourth-order valence-electron chi connectivity index (χ4n) is 1.89. The van der Waals surface area contributed by atoms with Crippen LogP contribution >= 0.6 is 0 Å². The van der Waals surface area contributed by atoms with E-state index in [4.69, 9.17) is 0 Å². The van der Waals surface area contributed by atoms with Gasteiger partial charge in [0.2, 0.25) is 5.78 Å². The Labute approximate surface area is 99.7 Å². The second kappa shape index (κ2) is 4.17. The van der Waals surface area contributed by atoms with Gasteiger partial charge in [0, 0.05) is 19.9 Å². The maximum Gasteiger partial charge on any atom is 0.438 e. The summed E-state index contributed by atoms with van der Waals surface area (Å²) >= 11 is 0. The molecule has 0 saturated heterocycles. The molecule has 1 aliphatic heterocycles. The molecule has 0 radical (unpaired) electrons. The van der Waals surface area contributed by atoms with Crippen LogP contribution in [-0.2, 0) is 19.9 Å². The van der Waals surface area contributed by atoms with Gasteiger partial charge in [-0.15, -0.1) is 12.3 Å². The second-order valence-electron chi connectivity index (χ2n) is 3.99. The van der Waals surface area contributed by atoms with Crippen LogP contribution in [0.5, 0.6) is 0 Å². The highest BCUT2D eigenvalue weighted by Gasteiger charge is 2.51. The monoisotopic (exact) mass is 260 g/mol. The van der Waals surface area contributed by atoms with Crippen LogP contribution in [0.1, 0.15) is 13.8 Å². The van der Waals surface area contributed by atoms with Gasteiger partial charge in [-0.1, -0.05) is 6.08 Å². The highest BCUT2D eigenvalue weighted by atomic mass is 32.2. The minimum atomic E-state index is -4.64. The molecule has 1 N–H and O–H groups in total. The zero-order chi connectivity index (χ0) is 13.4. The molecule has 0 fully saturated rings. The van der Waals surface area contributed by atoms with Crippen LogP contribution < -0.4 is 0 Å². The van der Waals surface area contributed by atoms with Gasteiger partial charge in [-0.2, -0.15) is 0 Å². The van der Waals surface area contributed by atoms with Crippen molar-refractivity contribution >= 4 is 21.9 Å². The summed E-state index contributed by atoms with van der Waals surface area (Å²) in [6, 6.07) is -1.12. The van der Waals surface area contributed by atoms with Gasteiger partial charge >= 0.3 is 10.3 Å². The molecule has 0 aromatic carbocycles. The Hall–Kier alpha value is -1.31. The normalized spacial score (nSPS) is 28.7. The summed E-state index contributed by atoms with van der Waals surface area (Å²) in [6.45, 7) is 2.39. The number of carbonyl (C=O) groups excluding carboxylic acids is 2. The number of carbonyl (C=O) groups is 2. The van der Waals surface area contributed by atoms with Crippen LogP contribution in [0.15, 0.2) is 23.9 Å². The Bertz CT molecular complexity index is 531. The molecule has 6 nitrogen and oxygen atoms in total. The lowest BCUT2D eigenvalue weighted by Gasteiger charge is -2.35. The molecule has 0 spiro atoms. The first-order chi connectivity index (χ1) is 7.62. The number of nitrogens with zero attached hydrogens (tertiary/aromatic N) is 1. The summed E-state index contributed by atoms with van der Waals surface area (Å²) < 4.78 is 31.1. The zero-order valence-corrected chi connectivity index (χ0v) is 10.6. The maximum atomic E-state index is 11.5. The average molecular weight is 260 g/mol. The summed E-state index contributed by atoms with van der Waals surface area (Å²) in [5.74, 6) is -0.964. The molecule has 0 aromatic heterocycles. The predicted molar refractivity (Wildman–Crippen MR) is 60.1 cm³/mol. The van der Waals surface area contributed by atoms with E-state index in [9.17, 15) is 22.6 Å². The maximum absolute atomic E-state index is 11.5. The number of Topliss-reactive ketones (excluding diaryl/α,β-unsaturated/α-hetero) is 2. The number of allylic oxidation sites excluding steroid dienone is 3. The number of hydrogen-bond acceptors (Lipinski definition) is 4. The molecule has 0 amide bonds. The van der Waals surface area contributed by atoms with Crippen molar-refractivity contribution in [2.24, 2.45) is 0 Å². The Balaban J connectivity index is 3.55. The Morgan fingerprint density at radius 2 is 1.88 bits per heavy atom. The van der Waals surface area contributed by atoms with Crippen molar-refractivity contribution in [1.29, 1.82) is 0 Å². The first-order valence-corrected chi connectivity index (χ1v) is 6.26. The summed E-state index contributed by atoms with van der Waals surface area (Å²) in [5.41, 5.74) is -0.143. The number of quaternary nitrogens is 1. The first kappa shape index (κ1) is 13.8. The van der Waals surface area contributed by atoms with E-state index >= 15 is 0 Å². The van der Waals surface area contributed by atoms with Gasteiger partial charge in [0.25, 0.3) is 0 Å². The van der Waals surface area contributed by atoms with E-state index in [2.05, 4.69) is 0 Å². The molecular formula is C10H14NO5S+. The molecule has 7 heteroatoms. The fourth-order valence-corrected chi connectivity index (χ4v) is 2.84. The highest BCUT2D eigenvalue weighted by Crippen LogP contribution is 2.30. The van der Waals surface area contributed by atoms with Crippen molar-refractivity contribution in [2.45, 2.75) is 19.9 Å². The van der Waals surface area contributed by atoms with Crippen LogP contribution in [0.2, 0.25) is 0 Å². The molecule has 0 aliphatic carbocycles. The van der Waals surface area contributed by atoms with Crippen molar-refractivity contribution in [2.75, 3.05) is 7.05 Å². The Morgan fingerprint density at radius 3 is 2.24 bits per heavy atom. The molecule has 1 rings (SSSR count). The van der Waals surface area contributed by atoms with E-state index in [0.717, 1.165) is 7.05 Å². The van der Waals surface area contributed by atoms with Crippen LogP contribution in [0.4, 0.5) is 0 Å². The van der Waals surface area contributed by atoms with Crippen LogP contribution in [0.3, 0.4) is 0 Å². The fraction of sp³-hybridized carbons (Fsp3) is 0.400. The number of ketones is 2. The van der Waals surface area contributed by atoms with Gasteiger partial charge in [0.1, 0.15) is 0 Å². The smallest absolute Gasteiger partial charge is 0.293 e. The molecule has 0 saturated carbocycles. The van der Waals surface area contributed by atoms with E-state index in [0.29, 0.717) is 0 Å². The second-order valence-corrected chi connectivity index (χ2v) is 5.64. The SMILES string of the molecule is CC(=O)C1=CC=CC(C(C)=O)[N+]1(C)S(=O)(=O)O. The summed E-state index contributed by atoms with van der Waals surface area (Å²) in [5, 5.41) is 0. The molecule has 0 bridgehead atoms. The first-order valence-electron chi connectivity index (χ1n) is 4.86. The summed E-state index contributed by atoms with van der Waals surface area (Å²) in [7, 11) is -3.51. The molecule has 94 valence electrons. The Morgan fingerprint density at radius 1 is 1.35 bits per heavy atom. The van der Waals surface area contributed by atoms with Crippen molar-refractivity contribution in [3.63, 3.8) is 0 Å². The van der Waals surface area contributed by atoms with Crippen molar-refractivity contribution in [3.8, 4) is 0 Å². The topological polar surface area (TPSA) is 88.5 Å². The molecule has 0 aromatic rings. The number of hydrogen-bond donors (Lipinski definition) is 1. The van der Waals surface area contributed by atoms with Gasteiger partial charge in [-0.25, -0.2) is 4.55 Å². The van der Waals surface area contributed by atoms with E-state index in [1.54, 1.807) is 0 Å². The van der Waals surface area contributed by atoms with E-state index in [1.165, 1.54) is 32.1 Å². The Kier molecular flexibility index (Phi) is 3.37. The third-order valence-corrected chi connectivity index (χ3v) is 4.20. The summed E-state index contributed by atoms with van der Waals surface area (Å²) in [6.07, 6.45) is 4.08. The third kappa shape index (κ3) is 2.08. The van der Waals surface area contributed by atoms with Crippen LogP contribution in [0, 0.1) is 0 Å². The van der Waals surface area contributed by atoms with Crippen molar-refractivity contribution in [3.05, 3.63) is 23.9 Å². The lowest BCUT2D eigenvalue weighted by molar-refractivity contribution is -0.755. The van der Waals surface area contributed by atoms with Crippen LogP contribution in [0.25, 0.3) is 0 Å². The van der Waals surface area contributed by atoms with Gasteiger partial charge in [0.15, 0.2) is 17.5 Å². The lowest BCUT2D eigenvalue weighted by atomic mass is 10.1. The van der Waals surface area contributed by atoms with Crippen molar-refractivity contribution < 1.29 is 26.4 Å². The van der Waals surface area contributed by atoms with Gasteiger partial charge < -0.3 is 0 Å². The van der Waals surface area contributed by atoms with E-state index in [1.807, 2.05) is 0 Å². The lowest BCUT2D eigenvalue weighted by Crippen LogP contribution is -2.59. The van der Waals surface area contributed by atoms with Gasteiger partial charge in [0.05, 0.1) is 7.05 Å². The van der Waals surface area contributed by atoms with E-state index < -0.39 is 31.8 Å². The van der Waals surface area contributed by atoms with Gasteiger partial charge in [-0.05, 0) is 6.08 Å². The highest BCUT2D eigenvalue weighted by molar-refractivity contribution is 7.80. The average Bonchev–Trinajstić information content (AvgIpc) is 2.15. The quantitative estimate of drug-likeness (QED) is 0.580. The van der Waals surface area contributed by atoms with Gasteiger partial charge in [-0.3, -0.25) is 9.59 Å². The molecule has 2 atom stereocenters. The molecule has 1 aliphatic rings. The zero-order valence-electron chi connectivity index (χ0n) is 9.75. The number of rotatable bonds is 3. The minimum absolute atomic E-state index is 0.143. The summed E-state index contributed by atoms with van der Waals surface area (Å²) in [4.78, 5) is 22.9. The third-order valence-electron chi connectivity index (χ3n) is 2.81.